The minimum absolute atomic E-state index is 0.166. The van der Waals surface area contributed by atoms with E-state index in [1.54, 1.807) is 0 Å². The molecule has 0 bridgehead atoms. The standard InChI is InChI=1S/C83H57BN2O/c1-82(2,3)60-47-63(54-30-14-6-15-31-54)80(64(48-60)55-32-16-7-17-33-55)86-72-49-66-65-44-56(52-26-10-4-11-27-52)42-43-75(65)87-76(66)51-69(72)84-70-50-68-77(61-38-22-24-40-67(61)83(68,58-34-18-8-19-35-58)59-36-20-9-21-37-59)78-62-39-23-25-41-71(62)85(81(70)78)73-45-57(46-74(86)79(73)84)53-28-12-5-13-29-53/h4-51H,1-3H3. The number of rotatable bonds is 7. The summed E-state index contributed by atoms with van der Waals surface area (Å²) in [5.41, 5.74) is 29.9. The van der Waals surface area contributed by atoms with Gasteiger partial charge in [0.2, 0.25) is 0 Å². The van der Waals surface area contributed by atoms with Gasteiger partial charge in [-0.25, -0.2) is 0 Å². The van der Waals surface area contributed by atoms with E-state index in [-0.39, 0.29) is 12.1 Å². The lowest BCUT2D eigenvalue weighted by atomic mass is 9.33. The van der Waals surface area contributed by atoms with Crippen molar-refractivity contribution in [2.24, 2.45) is 0 Å². The maximum absolute atomic E-state index is 7.23. The van der Waals surface area contributed by atoms with E-state index in [0.717, 1.165) is 66.8 Å². The minimum Gasteiger partial charge on any atom is -0.456 e. The Hall–Kier alpha value is -10.7. The Balaban J connectivity index is 1.05. The molecule has 87 heavy (non-hydrogen) atoms. The van der Waals surface area contributed by atoms with Crippen molar-refractivity contribution in [3.63, 3.8) is 0 Å². The summed E-state index contributed by atoms with van der Waals surface area (Å²) < 4.78 is 9.88. The van der Waals surface area contributed by atoms with Crippen LogP contribution in [0.15, 0.2) is 296 Å². The predicted molar refractivity (Wildman–Crippen MR) is 365 cm³/mol. The molecule has 2 aliphatic heterocycles. The van der Waals surface area contributed by atoms with Crippen LogP contribution in [0.4, 0.5) is 17.1 Å². The monoisotopic (exact) mass is 1110 g/mol. The van der Waals surface area contributed by atoms with E-state index in [1.165, 1.54) is 99.5 Å². The molecule has 15 aromatic rings. The number of nitrogens with zero attached hydrogens (tertiary/aromatic N) is 2. The lowest BCUT2D eigenvalue weighted by Gasteiger charge is -2.43. The summed E-state index contributed by atoms with van der Waals surface area (Å²) in [5, 5.41) is 4.69. The second-order valence-electron chi connectivity index (χ2n) is 25.0. The summed E-state index contributed by atoms with van der Waals surface area (Å²) in [6, 6.07) is 109. The Morgan fingerprint density at radius 1 is 0.379 bits per heavy atom. The summed E-state index contributed by atoms with van der Waals surface area (Å²) in [5.74, 6) is 0. The average molecular weight is 1110 g/mol. The van der Waals surface area contributed by atoms with Gasteiger partial charge in [0.05, 0.1) is 22.1 Å². The highest BCUT2D eigenvalue weighted by Gasteiger charge is 2.51. The molecule has 18 rings (SSSR count). The van der Waals surface area contributed by atoms with Crippen molar-refractivity contribution in [3.05, 3.63) is 319 Å². The van der Waals surface area contributed by atoms with Crippen LogP contribution in [0, 0.1) is 0 Å². The number of hydrogen-bond acceptors (Lipinski definition) is 2. The first-order valence-corrected chi connectivity index (χ1v) is 30.5. The van der Waals surface area contributed by atoms with Crippen molar-refractivity contribution in [1.29, 1.82) is 0 Å². The second-order valence-corrected chi connectivity index (χ2v) is 25.0. The van der Waals surface area contributed by atoms with Crippen LogP contribution in [0.1, 0.15) is 48.6 Å². The van der Waals surface area contributed by atoms with Gasteiger partial charge in [-0.2, -0.15) is 0 Å². The fourth-order valence-electron chi connectivity index (χ4n) is 15.6. The van der Waals surface area contributed by atoms with Crippen LogP contribution in [0.2, 0.25) is 0 Å². The number of anilines is 3. The lowest BCUT2D eigenvalue weighted by Crippen LogP contribution is -2.60. The van der Waals surface area contributed by atoms with Crippen LogP contribution in [0.5, 0.6) is 0 Å². The van der Waals surface area contributed by atoms with Crippen molar-refractivity contribution in [2.75, 3.05) is 4.90 Å². The van der Waals surface area contributed by atoms with Crippen LogP contribution in [0.3, 0.4) is 0 Å². The van der Waals surface area contributed by atoms with Gasteiger partial charge in [-0.3, -0.25) is 0 Å². The molecule has 4 heteroatoms. The Kier molecular flexibility index (Phi) is 10.7. The predicted octanol–water partition coefficient (Wildman–Crippen LogP) is 19.6. The Morgan fingerprint density at radius 2 is 0.920 bits per heavy atom. The van der Waals surface area contributed by atoms with Gasteiger partial charge in [-0.05, 0) is 149 Å². The zero-order valence-corrected chi connectivity index (χ0v) is 48.6. The molecule has 0 saturated heterocycles. The third-order valence-electron chi connectivity index (χ3n) is 19.4. The van der Waals surface area contributed by atoms with Crippen molar-refractivity contribution in [2.45, 2.75) is 31.6 Å². The van der Waals surface area contributed by atoms with Gasteiger partial charge in [-0.1, -0.05) is 257 Å². The van der Waals surface area contributed by atoms with Gasteiger partial charge in [0.25, 0.3) is 6.71 Å². The number of fused-ring (bicyclic) bond motifs is 14. The van der Waals surface area contributed by atoms with Crippen LogP contribution in [0.25, 0.3) is 105 Å². The zero-order valence-electron chi connectivity index (χ0n) is 48.6. The molecule has 1 aliphatic carbocycles. The molecule has 0 spiro atoms. The molecule has 3 aliphatic rings. The Labute approximate surface area is 506 Å². The fourth-order valence-corrected chi connectivity index (χ4v) is 15.6. The van der Waals surface area contributed by atoms with Crippen molar-refractivity contribution in [3.8, 4) is 61.3 Å². The third-order valence-corrected chi connectivity index (χ3v) is 19.4. The summed E-state index contributed by atoms with van der Waals surface area (Å²) in [6.07, 6.45) is 0. The van der Waals surface area contributed by atoms with Crippen LogP contribution >= 0.6 is 0 Å². The van der Waals surface area contributed by atoms with E-state index in [4.69, 9.17) is 4.42 Å². The first kappa shape index (κ1) is 49.7. The second kappa shape index (κ2) is 18.7. The lowest BCUT2D eigenvalue weighted by molar-refractivity contribution is 0.591. The van der Waals surface area contributed by atoms with E-state index in [2.05, 4.69) is 321 Å². The van der Waals surface area contributed by atoms with Gasteiger partial charge in [0.1, 0.15) is 11.2 Å². The smallest absolute Gasteiger partial charge is 0.252 e. The van der Waals surface area contributed by atoms with E-state index < -0.39 is 5.41 Å². The molecule has 4 heterocycles. The molecule has 3 nitrogen and oxygen atoms in total. The van der Waals surface area contributed by atoms with E-state index in [0.29, 0.717) is 0 Å². The minimum atomic E-state index is -0.644. The molecule has 0 saturated carbocycles. The molecule has 0 N–H and O–H groups in total. The number of furan rings is 1. The molecule has 408 valence electrons. The summed E-state index contributed by atoms with van der Waals surface area (Å²) >= 11 is 0. The highest BCUT2D eigenvalue weighted by molar-refractivity contribution is 7.00. The van der Waals surface area contributed by atoms with E-state index >= 15 is 0 Å². The zero-order chi connectivity index (χ0) is 57.7. The number of aromatic nitrogens is 1. The molecule has 0 unspecified atom stereocenters. The highest BCUT2D eigenvalue weighted by Crippen LogP contribution is 2.60. The molecule has 13 aromatic carbocycles. The Bertz CT molecular complexity index is 5190. The van der Waals surface area contributed by atoms with Gasteiger partial charge < -0.3 is 13.9 Å². The molecular weight excluding hydrogens is 1050 g/mol. The first-order valence-electron chi connectivity index (χ1n) is 30.5. The van der Waals surface area contributed by atoms with Gasteiger partial charge in [-0.15, -0.1) is 0 Å². The molecule has 0 fully saturated rings. The van der Waals surface area contributed by atoms with Crippen LogP contribution in [-0.2, 0) is 10.8 Å². The largest absolute Gasteiger partial charge is 0.456 e. The summed E-state index contributed by atoms with van der Waals surface area (Å²) in [4.78, 5) is 2.68. The van der Waals surface area contributed by atoms with Gasteiger partial charge >= 0.3 is 0 Å². The Morgan fingerprint density at radius 3 is 1.55 bits per heavy atom. The summed E-state index contributed by atoms with van der Waals surface area (Å²) in [7, 11) is 0. The average Bonchev–Trinajstić information content (AvgIpc) is 1.57. The molecule has 0 amide bonds. The van der Waals surface area contributed by atoms with Gasteiger partial charge in [0, 0.05) is 49.7 Å². The normalized spacial score (nSPS) is 13.5. The molecular formula is C83H57BN2O. The molecule has 0 atom stereocenters. The van der Waals surface area contributed by atoms with Crippen LogP contribution in [-0.4, -0.2) is 11.3 Å². The summed E-state index contributed by atoms with van der Waals surface area (Å²) in [6.45, 7) is 6.79. The van der Waals surface area contributed by atoms with Crippen molar-refractivity contribution >= 4 is 83.9 Å². The maximum atomic E-state index is 7.23. The first-order chi connectivity index (χ1) is 42.8. The SMILES string of the molecule is CC(C)(C)c1cc(-c2ccccc2)c(N2c3cc4c(cc3B3c5c2cc(-c2ccccc2)cc5-n2c5ccccc5c5c6c(cc3c52)C(c2ccccc2)(c2ccccc2)c2ccccc2-6)oc2ccc(-c3ccccc3)cc24)c(-c2ccccc2)c1. The molecule has 0 radical (unpaired) electrons. The van der Waals surface area contributed by atoms with Crippen LogP contribution < -0.4 is 21.3 Å². The van der Waals surface area contributed by atoms with Gasteiger partial charge in [0.15, 0.2) is 0 Å². The quantitative estimate of drug-likeness (QED) is 0.148. The third kappa shape index (κ3) is 7.13. The highest BCUT2D eigenvalue weighted by atomic mass is 16.3. The fraction of sp³-hybridized carbons (Fsp3) is 0.0602. The van der Waals surface area contributed by atoms with E-state index in [9.17, 15) is 0 Å². The topological polar surface area (TPSA) is 21.3 Å². The number of hydrogen-bond donors (Lipinski definition) is 0. The molecule has 2 aromatic heterocycles. The van der Waals surface area contributed by atoms with Crippen molar-refractivity contribution < 1.29 is 4.42 Å². The maximum Gasteiger partial charge on any atom is 0.252 e. The number of para-hydroxylation sites is 1. The number of benzene rings is 13. The van der Waals surface area contributed by atoms with Crippen molar-refractivity contribution in [1.82, 2.24) is 4.57 Å². The van der Waals surface area contributed by atoms with E-state index in [1.807, 2.05) is 0 Å².